The molecule has 0 radical (unpaired) electrons. The van der Waals surface area contributed by atoms with Crippen molar-refractivity contribution in [3.05, 3.63) is 70.0 Å². The van der Waals surface area contributed by atoms with Gasteiger partial charge in [0.25, 0.3) is 5.69 Å². The fourth-order valence-corrected chi connectivity index (χ4v) is 1.43. The normalized spacial score (nSPS) is 9.89. The van der Waals surface area contributed by atoms with Gasteiger partial charge in [-0.3, -0.25) is 15.1 Å². The van der Waals surface area contributed by atoms with Gasteiger partial charge in [0, 0.05) is 18.3 Å². The molecule has 1 heterocycles. The molecule has 0 N–H and O–H groups in total. The fraction of sp³-hybridized carbons (Fsp3) is 0.0769. The van der Waals surface area contributed by atoms with Crippen molar-refractivity contribution in [1.29, 1.82) is 0 Å². The van der Waals surface area contributed by atoms with Crippen molar-refractivity contribution in [2.75, 3.05) is 0 Å². The van der Waals surface area contributed by atoms with E-state index in [1.54, 1.807) is 24.4 Å². The molecule has 0 saturated carbocycles. The molecule has 0 aliphatic carbocycles. The number of nitro groups is 1. The third-order valence-electron chi connectivity index (χ3n) is 2.39. The van der Waals surface area contributed by atoms with Crippen molar-refractivity contribution in [2.45, 2.75) is 6.61 Å². The predicted molar refractivity (Wildman–Crippen MR) is 66.5 cm³/mol. The molecule has 0 atom stereocenters. The van der Waals surface area contributed by atoms with E-state index in [0.29, 0.717) is 5.69 Å². The third-order valence-corrected chi connectivity index (χ3v) is 2.39. The highest BCUT2D eigenvalue weighted by atomic mass is 16.6. The Balaban J connectivity index is 1.98. The maximum absolute atomic E-state index is 11.7. The highest BCUT2D eigenvalue weighted by molar-refractivity contribution is 5.89. The van der Waals surface area contributed by atoms with Gasteiger partial charge in [0.1, 0.15) is 6.61 Å². The van der Waals surface area contributed by atoms with E-state index in [4.69, 9.17) is 4.74 Å². The van der Waals surface area contributed by atoms with Crippen molar-refractivity contribution in [3.8, 4) is 0 Å². The molecule has 0 fully saturated rings. The van der Waals surface area contributed by atoms with Crippen molar-refractivity contribution < 1.29 is 14.5 Å². The number of hydrogen-bond donors (Lipinski definition) is 0. The minimum Gasteiger partial charge on any atom is -0.456 e. The quantitative estimate of drug-likeness (QED) is 0.477. The van der Waals surface area contributed by atoms with Crippen LogP contribution < -0.4 is 0 Å². The highest BCUT2D eigenvalue weighted by Gasteiger charge is 2.10. The summed E-state index contributed by atoms with van der Waals surface area (Å²) in [5.74, 6) is -0.541. The molecular formula is C13H10N2O4. The number of carbonyl (C=O) groups is 1. The van der Waals surface area contributed by atoms with Crippen LogP contribution in [0.25, 0.3) is 0 Å². The Hall–Kier alpha value is -2.76. The maximum atomic E-state index is 11.7. The first-order valence-corrected chi connectivity index (χ1v) is 5.48. The van der Waals surface area contributed by atoms with Gasteiger partial charge in [0.15, 0.2) is 0 Å². The van der Waals surface area contributed by atoms with Crippen molar-refractivity contribution in [1.82, 2.24) is 4.98 Å². The predicted octanol–water partition coefficient (Wildman–Crippen LogP) is 2.35. The molecule has 2 aromatic rings. The van der Waals surface area contributed by atoms with Gasteiger partial charge in [-0.05, 0) is 24.3 Å². The van der Waals surface area contributed by atoms with Crippen LogP contribution in [0.3, 0.4) is 0 Å². The summed E-state index contributed by atoms with van der Waals surface area (Å²) in [6, 6.07) is 10.5. The molecule has 1 aromatic heterocycles. The number of ether oxygens (including phenoxy) is 1. The summed E-state index contributed by atoms with van der Waals surface area (Å²) in [5, 5.41) is 10.5. The van der Waals surface area contributed by atoms with Gasteiger partial charge in [-0.1, -0.05) is 6.07 Å². The topological polar surface area (TPSA) is 82.3 Å². The molecule has 0 unspecified atom stereocenters. The van der Waals surface area contributed by atoms with Crippen LogP contribution in [0.5, 0.6) is 0 Å². The van der Waals surface area contributed by atoms with Crippen molar-refractivity contribution in [3.63, 3.8) is 0 Å². The zero-order chi connectivity index (χ0) is 13.7. The number of carbonyl (C=O) groups excluding carboxylic acids is 1. The Kier molecular flexibility index (Phi) is 3.82. The number of pyridine rings is 1. The Morgan fingerprint density at radius 3 is 2.53 bits per heavy atom. The molecule has 1 aromatic carbocycles. The average Bonchev–Trinajstić information content (AvgIpc) is 2.46. The van der Waals surface area contributed by atoms with E-state index in [0.717, 1.165) is 0 Å². The molecule has 2 rings (SSSR count). The Morgan fingerprint density at radius 1 is 1.21 bits per heavy atom. The standard InChI is InChI=1S/C13H10N2O4/c16-13(19-9-11-3-1-2-8-14-11)10-4-6-12(7-5-10)15(17)18/h1-8H,9H2. The number of esters is 1. The third kappa shape index (κ3) is 3.35. The number of benzene rings is 1. The van der Waals surface area contributed by atoms with E-state index in [1.807, 2.05) is 0 Å². The first-order chi connectivity index (χ1) is 9.16. The second-order valence-corrected chi connectivity index (χ2v) is 3.70. The molecule has 6 heteroatoms. The summed E-state index contributed by atoms with van der Waals surface area (Å²) in [7, 11) is 0. The van der Waals surface area contributed by atoms with E-state index in [9.17, 15) is 14.9 Å². The number of nitro benzene ring substituents is 1. The van der Waals surface area contributed by atoms with Crippen LogP contribution in [0, 0.1) is 10.1 Å². The van der Waals surface area contributed by atoms with Crippen LogP contribution in [-0.4, -0.2) is 15.9 Å². The first kappa shape index (κ1) is 12.7. The average molecular weight is 258 g/mol. The van der Waals surface area contributed by atoms with Crippen LogP contribution in [0.15, 0.2) is 48.7 Å². The van der Waals surface area contributed by atoms with Crippen LogP contribution in [0.1, 0.15) is 16.1 Å². The van der Waals surface area contributed by atoms with Crippen LogP contribution >= 0.6 is 0 Å². The molecule has 6 nitrogen and oxygen atoms in total. The Bertz CT molecular complexity index is 581. The van der Waals surface area contributed by atoms with Crippen LogP contribution in [0.4, 0.5) is 5.69 Å². The molecule has 0 saturated heterocycles. The van der Waals surface area contributed by atoms with Crippen LogP contribution in [-0.2, 0) is 11.3 Å². The Morgan fingerprint density at radius 2 is 1.95 bits per heavy atom. The molecular weight excluding hydrogens is 248 g/mol. The lowest BCUT2D eigenvalue weighted by Gasteiger charge is -2.03. The maximum Gasteiger partial charge on any atom is 0.338 e. The summed E-state index contributed by atoms with van der Waals surface area (Å²) in [6.07, 6.45) is 1.61. The second kappa shape index (κ2) is 5.72. The van der Waals surface area contributed by atoms with Gasteiger partial charge < -0.3 is 4.74 Å². The van der Waals surface area contributed by atoms with Gasteiger partial charge in [-0.15, -0.1) is 0 Å². The Labute approximate surface area is 108 Å². The smallest absolute Gasteiger partial charge is 0.338 e. The molecule has 0 aliphatic rings. The lowest BCUT2D eigenvalue weighted by atomic mass is 10.2. The molecule has 19 heavy (non-hydrogen) atoms. The lowest BCUT2D eigenvalue weighted by Crippen LogP contribution is -2.06. The van der Waals surface area contributed by atoms with Crippen LogP contribution in [0.2, 0.25) is 0 Å². The zero-order valence-electron chi connectivity index (χ0n) is 9.85. The van der Waals surface area contributed by atoms with Gasteiger partial charge in [0.2, 0.25) is 0 Å². The number of aromatic nitrogens is 1. The minimum atomic E-state index is -0.541. The van der Waals surface area contributed by atoms with Gasteiger partial charge in [-0.25, -0.2) is 4.79 Å². The monoisotopic (exact) mass is 258 g/mol. The first-order valence-electron chi connectivity index (χ1n) is 5.48. The summed E-state index contributed by atoms with van der Waals surface area (Å²) in [6.45, 7) is 0.0661. The summed E-state index contributed by atoms with van der Waals surface area (Å²) >= 11 is 0. The largest absolute Gasteiger partial charge is 0.456 e. The second-order valence-electron chi connectivity index (χ2n) is 3.70. The van der Waals surface area contributed by atoms with E-state index in [2.05, 4.69) is 4.98 Å². The zero-order valence-corrected chi connectivity index (χ0v) is 9.85. The molecule has 0 aliphatic heterocycles. The summed E-state index contributed by atoms with van der Waals surface area (Å²) in [4.78, 5) is 25.6. The number of nitrogens with zero attached hydrogens (tertiary/aromatic N) is 2. The van der Waals surface area contributed by atoms with E-state index >= 15 is 0 Å². The van der Waals surface area contributed by atoms with Gasteiger partial charge >= 0.3 is 5.97 Å². The molecule has 0 amide bonds. The van der Waals surface area contributed by atoms with E-state index < -0.39 is 10.9 Å². The SMILES string of the molecule is O=C(OCc1ccccn1)c1ccc([N+](=O)[O-])cc1. The highest BCUT2D eigenvalue weighted by Crippen LogP contribution is 2.13. The molecule has 96 valence electrons. The van der Waals surface area contributed by atoms with E-state index in [-0.39, 0.29) is 17.9 Å². The number of hydrogen-bond acceptors (Lipinski definition) is 5. The molecule has 0 bridgehead atoms. The van der Waals surface area contributed by atoms with Crippen molar-refractivity contribution in [2.24, 2.45) is 0 Å². The molecule has 0 spiro atoms. The number of rotatable bonds is 4. The van der Waals surface area contributed by atoms with Gasteiger partial charge in [0.05, 0.1) is 16.2 Å². The number of non-ortho nitro benzene ring substituents is 1. The minimum absolute atomic E-state index is 0.0661. The van der Waals surface area contributed by atoms with Gasteiger partial charge in [-0.2, -0.15) is 0 Å². The van der Waals surface area contributed by atoms with Crippen molar-refractivity contribution >= 4 is 11.7 Å². The fourth-order valence-electron chi connectivity index (χ4n) is 1.43. The lowest BCUT2D eigenvalue weighted by molar-refractivity contribution is -0.384. The summed E-state index contributed by atoms with van der Waals surface area (Å²) < 4.78 is 5.04. The van der Waals surface area contributed by atoms with E-state index in [1.165, 1.54) is 24.3 Å². The summed E-state index contributed by atoms with van der Waals surface area (Å²) in [5.41, 5.74) is 0.834.